The number of benzene rings is 5. The minimum Gasteiger partial charge on any atom is -0.456 e. The van der Waals surface area contributed by atoms with Crippen LogP contribution in [0.25, 0.3) is 43.6 Å². The van der Waals surface area contributed by atoms with Crippen LogP contribution in [0.15, 0.2) is 103 Å². The highest BCUT2D eigenvalue weighted by atomic mass is 16.5. The Balaban J connectivity index is 1.79. The molecule has 0 unspecified atom stereocenters. The third-order valence-electron chi connectivity index (χ3n) is 6.19. The molecule has 0 N–H and O–H groups in total. The van der Waals surface area contributed by atoms with Crippen LogP contribution in [0.4, 0.5) is 0 Å². The number of fused-ring (bicyclic) bond motifs is 4. The molecule has 158 valence electrons. The summed E-state index contributed by atoms with van der Waals surface area (Å²) in [5.74, 6) is 1.73. The minimum atomic E-state index is 0.854. The van der Waals surface area contributed by atoms with Crippen molar-refractivity contribution in [1.82, 2.24) is 4.98 Å². The molecule has 0 fully saturated rings. The topological polar surface area (TPSA) is 22.1 Å². The molecule has 0 aliphatic rings. The Labute approximate surface area is 193 Å². The van der Waals surface area contributed by atoms with Crippen molar-refractivity contribution < 1.29 is 4.74 Å². The summed E-state index contributed by atoms with van der Waals surface area (Å²) in [5.41, 5.74) is 5.70. The maximum absolute atomic E-state index is 6.74. The van der Waals surface area contributed by atoms with Crippen molar-refractivity contribution in [1.29, 1.82) is 0 Å². The maximum Gasteiger partial charge on any atom is 0.143 e. The van der Waals surface area contributed by atoms with Crippen molar-refractivity contribution in [2.24, 2.45) is 0 Å². The lowest BCUT2D eigenvalue weighted by molar-refractivity contribution is 0.493. The lowest BCUT2D eigenvalue weighted by atomic mass is 9.90. The van der Waals surface area contributed by atoms with Crippen molar-refractivity contribution in [2.75, 3.05) is 0 Å². The molecule has 33 heavy (non-hydrogen) atoms. The van der Waals surface area contributed by atoms with Gasteiger partial charge in [-0.2, -0.15) is 0 Å². The van der Waals surface area contributed by atoms with Gasteiger partial charge in [-0.1, -0.05) is 78.9 Å². The predicted molar refractivity (Wildman–Crippen MR) is 138 cm³/mol. The van der Waals surface area contributed by atoms with Gasteiger partial charge in [0.1, 0.15) is 11.5 Å². The molecular weight excluding hydrogens is 402 g/mol. The highest BCUT2D eigenvalue weighted by Gasteiger charge is 2.19. The maximum atomic E-state index is 6.74. The van der Waals surface area contributed by atoms with Gasteiger partial charge in [0, 0.05) is 27.7 Å². The van der Waals surface area contributed by atoms with Gasteiger partial charge in [0.05, 0.1) is 5.52 Å². The van der Waals surface area contributed by atoms with E-state index in [1.165, 1.54) is 22.3 Å². The third kappa shape index (κ3) is 3.32. The van der Waals surface area contributed by atoms with Crippen LogP contribution < -0.4 is 4.74 Å². The Bertz CT molecular complexity index is 1630. The quantitative estimate of drug-likeness (QED) is 0.209. The molecule has 2 heteroatoms. The first kappa shape index (κ1) is 19.5. The molecule has 0 atom stereocenters. The van der Waals surface area contributed by atoms with Gasteiger partial charge < -0.3 is 4.74 Å². The second kappa shape index (κ2) is 7.75. The molecule has 0 spiro atoms. The van der Waals surface area contributed by atoms with E-state index in [2.05, 4.69) is 105 Å². The summed E-state index contributed by atoms with van der Waals surface area (Å²) in [4.78, 5) is 4.82. The van der Waals surface area contributed by atoms with Gasteiger partial charge in [-0.05, 0) is 59.7 Å². The summed E-state index contributed by atoms with van der Waals surface area (Å²) in [6, 6.07) is 33.8. The minimum absolute atomic E-state index is 0.854. The standard InChI is InChI=1S/C31H23NO/c1-20-16-21(2)18-23(17-20)33-31-25-13-7-6-12-24(25)29(22-10-4-3-5-11-22)27-19-32-28-15-9-8-14-26(28)30(27)31/h3-19H,1-2H3. The summed E-state index contributed by atoms with van der Waals surface area (Å²) in [6.45, 7) is 4.21. The van der Waals surface area contributed by atoms with Crippen LogP contribution >= 0.6 is 0 Å². The van der Waals surface area contributed by atoms with Crippen LogP contribution in [0.3, 0.4) is 0 Å². The Morgan fingerprint density at radius 3 is 2.00 bits per heavy atom. The van der Waals surface area contributed by atoms with Crippen molar-refractivity contribution in [3.05, 3.63) is 114 Å². The second-order valence-electron chi connectivity index (χ2n) is 8.61. The van der Waals surface area contributed by atoms with Crippen LogP contribution in [0.1, 0.15) is 11.1 Å². The summed E-state index contributed by atoms with van der Waals surface area (Å²) < 4.78 is 6.74. The number of hydrogen-bond donors (Lipinski definition) is 0. The molecule has 0 saturated heterocycles. The number of hydrogen-bond acceptors (Lipinski definition) is 2. The van der Waals surface area contributed by atoms with Gasteiger partial charge in [0.15, 0.2) is 0 Å². The average molecular weight is 426 g/mol. The highest BCUT2D eigenvalue weighted by molar-refractivity contribution is 6.23. The molecule has 0 radical (unpaired) electrons. The fourth-order valence-corrected chi connectivity index (χ4v) is 4.89. The Kier molecular flexibility index (Phi) is 4.58. The first-order valence-electron chi connectivity index (χ1n) is 11.2. The van der Waals surface area contributed by atoms with E-state index in [0.717, 1.165) is 43.9 Å². The van der Waals surface area contributed by atoms with E-state index in [9.17, 15) is 0 Å². The zero-order valence-corrected chi connectivity index (χ0v) is 18.7. The van der Waals surface area contributed by atoms with Crippen molar-refractivity contribution >= 4 is 32.4 Å². The molecule has 6 rings (SSSR count). The predicted octanol–water partition coefficient (Wildman–Crippen LogP) is 8.62. The largest absolute Gasteiger partial charge is 0.456 e. The number of para-hydroxylation sites is 1. The lowest BCUT2D eigenvalue weighted by Gasteiger charge is -2.19. The fourth-order valence-electron chi connectivity index (χ4n) is 4.89. The molecule has 1 heterocycles. The molecule has 1 aromatic heterocycles. The number of nitrogens with zero attached hydrogens (tertiary/aromatic N) is 1. The number of ether oxygens (including phenoxy) is 1. The number of pyridine rings is 1. The van der Waals surface area contributed by atoms with E-state index < -0.39 is 0 Å². The molecule has 0 aliphatic carbocycles. The normalized spacial score (nSPS) is 11.3. The molecule has 6 aromatic rings. The van der Waals surface area contributed by atoms with Gasteiger partial charge in [0.2, 0.25) is 0 Å². The molecule has 0 amide bonds. The van der Waals surface area contributed by atoms with Gasteiger partial charge in [-0.3, -0.25) is 4.98 Å². The SMILES string of the molecule is Cc1cc(C)cc(Oc2c3ccccc3c(-c3ccccc3)c3cnc4ccccc4c23)c1. The van der Waals surface area contributed by atoms with Gasteiger partial charge in [-0.15, -0.1) is 0 Å². The van der Waals surface area contributed by atoms with Crippen LogP contribution in [-0.2, 0) is 0 Å². The number of rotatable bonds is 3. The monoisotopic (exact) mass is 425 g/mol. The summed E-state index contributed by atoms with van der Waals surface area (Å²) in [6.07, 6.45) is 2.00. The van der Waals surface area contributed by atoms with Gasteiger partial charge >= 0.3 is 0 Å². The first-order valence-corrected chi connectivity index (χ1v) is 11.2. The Morgan fingerprint density at radius 2 is 1.24 bits per heavy atom. The van der Waals surface area contributed by atoms with Crippen LogP contribution in [0.5, 0.6) is 11.5 Å². The summed E-state index contributed by atoms with van der Waals surface area (Å²) in [5, 5.41) is 5.54. The zero-order valence-electron chi connectivity index (χ0n) is 18.7. The molecular formula is C31H23NO. The fraction of sp³-hybridized carbons (Fsp3) is 0.0645. The molecule has 0 bridgehead atoms. The lowest BCUT2D eigenvalue weighted by Crippen LogP contribution is -1.95. The third-order valence-corrected chi connectivity index (χ3v) is 6.19. The van der Waals surface area contributed by atoms with E-state index >= 15 is 0 Å². The van der Waals surface area contributed by atoms with E-state index in [0.29, 0.717) is 0 Å². The Hall–Kier alpha value is -4.17. The molecule has 5 aromatic carbocycles. The van der Waals surface area contributed by atoms with Crippen LogP contribution in [-0.4, -0.2) is 4.98 Å². The van der Waals surface area contributed by atoms with Gasteiger partial charge in [-0.25, -0.2) is 0 Å². The van der Waals surface area contributed by atoms with E-state index in [1.54, 1.807) is 0 Å². The van der Waals surface area contributed by atoms with E-state index in [-0.39, 0.29) is 0 Å². The molecule has 0 aliphatic heterocycles. The van der Waals surface area contributed by atoms with Crippen LogP contribution in [0.2, 0.25) is 0 Å². The van der Waals surface area contributed by atoms with Crippen molar-refractivity contribution in [2.45, 2.75) is 13.8 Å². The summed E-state index contributed by atoms with van der Waals surface area (Å²) in [7, 11) is 0. The highest BCUT2D eigenvalue weighted by Crippen LogP contribution is 2.46. The molecule has 0 saturated carbocycles. The van der Waals surface area contributed by atoms with Crippen molar-refractivity contribution in [3.8, 4) is 22.6 Å². The molecule has 2 nitrogen and oxygen atoms in total. The second-order valence-corrected chi connectivity index (χ2v) is 8.61. The van der Waals surface area contributed by atoms with E-state index in [4.69, 9.17) is 9.72 Å². The average Bonchev–Trinajstić information content (AvgIpc) is 2.83. The Morgan fingerprint density at radius 1 is 0.606 bits per heavy atom. The summed E-state index contributed by atoms with van der Waals surface area (Å²) >= 11 is 0. The first-order chi connectivity index (χ1) is 16.2. The van der Waals surface area contributed by atoms with E-state index in [1.807, 2.05) is 12.3 Å². The zero-order chi connectivity index (χ0) is 22.4. The van der Waals surface area contributed by atoms with Gasteiger partial charge in [0.25, 0.3) is 0 Å². The van der Waals surface area contributed by atoms with Crippen molar-refractivity contribution in [3.63, 3.8) is 0 Å². The number of aryl methyl sites for hydroxylation is 2. The number of aromatic nitrogens is 1. The smallest absolute Gasteiger partial charge is 0.143 e. The van der Waals surface area contributed by atoms with Crippen LogP contribution in [0, 0.1) is 13.8 Å².